The number of aromatic nitrogens is 3. The van der Waals surface area contributed by atoms with Gasteiger partial charge in [-0.15, -0.1) is 13.2 Å². The first-order valence-electron chi connectivity index (χ1n) is 11.7. The second kappa shape index (κ2) is 11.2. The van der Waals surface area contributed by atoms with Crippen LogP contribution in [0.1, 0.15) is 31.2 Å². The maximum Gasteiger partial charge on any atom is 0.573 e. The van der Waals surface area contributed by atoms with Gasteiger partial charge in [0.25, 0.3) is 0 Å². The van der Waals surface area contributed by atoms with Gasteiger partial charge in [-0.25, -0.2) is 0 Å². The lowest BCUT2D eigenvalue weighted by Gasteiger charge is -2.28. The zero-order chi connectivity index (χ0) is 25.5. The Morgan fingerprint density at radius 2 is 1.69 bits per heavy atom. The van der Waals surface area contributed by atoms with Gasteiger partial charge in [-0.2, -0.15) is 15.0 Å². The first-order valence-corrected chi connectivity index (χ1v) is 11.7. The minimum atomic E-state index is -4.76. The molecule has 1 heterocycles. The second-order valence-electron chi connectivity index (χ2n) is 8.53. The summed E-state index contributed by atoms with van der Waals surface area (Å²) in [5.74, 6) is 0.917. The molecule has 0 unspecified atom stereocenters. The van der Waals surface area contributed by atoms with Gasteiger partial charge in [-0.3, -0.25) is 4.79 Å². The molecular formula is C25H27F3N6O2. The summed E-state index contributed by atoms with van der Waals surface area (Å²) >= 11 is 0. The third-order valence-electron chi connectivity index (χ3n) is 5.92. The molecule has 3 aromatic rings. The average molecular weight is 501 g/mol. The molecule has 4 rings (SSSR count). The summed E-state index contributed by atoms with van der Waals surface area (Å²) in [6, 6.07) is 15.3. The summed E-state index contributed by atoms with van der Waals surface area (Å²) < 4.78 is 41.2. The largest absolute Gasteiger partial charge is 0.573 e. The number of amides is 1. The number of hydrogen-bond donors (Lipinski definition) is 3. The first-order chi connectivity index (χ1) is 17.3. The van der Waals surface area contributed by atoms with Crippen LogP contribution in [0.2, 0.25) is 0 Å². The summed E-state index contributed by atoms with van der Waals surface area (Å²) in [7, 11) is 1.75. The third-order valence-corrected chi connectivity index (χ3v) is 5.92. The van der Waals surface area contributed by atoms with E-state index in [1.54, 1.807) is 13.1 Å². The number of nitrogens with one attached hydrogen (secondary N) is 3. The van der Waals surface area contributed by atoms with E-state index in [9.17, 15) is 18.0 Å². The fraction of sp³-hybridized carbons (Fsp3) is 0.360. The summed E-state index contributed by atoms with van der Waals surface area (Å²) in [6.07, 6.45) is -1.89. The molecule has 0 saturated heterocycles. The number of rotatable bonds is 8. The minimum absolute atomic E-state index is 0.111. The van der Waals surface area contributed by atoms with Crippen molar-refractivity contribution >= 4 is 17.8 Å². The highest BCUT2D eigenvalue weighted by Gasteiger charge is 2.31. The van der Waals surface area contributed by atoms with E-state index in [0.717, 1.165) is 18.4 Å². The molecule has 1 fully saturated rings. The number of anilines is 2. The highest BCUT2D eigenvalue weighted by Crippen LogP contribution is 2.28. The van der Waals surface area contributed by atoms with Crippen molar-refractivity contribution in [2.24, 2.45) is 5.92 Å². The molecule has 0 spiro atoms. The molecule has 0 radical (unpaired) electrons. The first kappa shape index (κ1) is 25.2. The molecule has 36 heavy (non-hydrogen) atoms. The molecule has 1 saturated carbocycles. The maximum atomic E-state index is 12.7. The van der Waals surface area contributed by atoms with Gasteiger partial charge in [0.1, 0.15) is 5.75 Å². The van der Waals surface area contributed by atoms with Gasteiger partial charge in [0.15, 0.2) is 5.82 Å². The lowest BCUT2D eigenvalue weighted by Crippen LogP contribution is -2.36. The molecule has 0 aliphatic heterocycles. The van der Waals surface area contributed by atoms with E-state index in [1.165, 1.54) is 18.2 Å². The summed E-state index contributed by atoms with van der Waals surface area (Å²) in [5.41, 5.74) is 1.42. The van der Waals surface area contributed by atoms with Crippen molar-refractivity contribution in [2.45, 2.75) is 44.6 Å². The Bertz CT molecular complexity index is 1170. The van der Waals surface area contributed by atoms with Crippen molar-refractivity contribution in [3.63, 3.8) is 0 Å². The van der Waals surface area contributed by atoms with Crippen LogP contribution in [0.4, 0.5) is 25.1 Å². The van der Waals surface area contributed by atoms with E-state index in [-0.39, 0.29) is 30.2 Å². The SMILES string of the molecule is CNc1nc(NC2CCC(C(=O)NCc3cccc(OC(F)(F)F)c3)CC2)nc(-c2ccccc2)n1. The number of nitrogens with zero attached hydrogens (tertiary/aromatic N) is 3. The molecule has 8 nitrogen and oxygen atoms in total. The van der Waals surface area contributed by atoms with E-state index >= 15 is 0 Å². The van der Waals surface area contributed by atoms with E-state index < -0.39 is 6.36 Å². The van der Waals surface area contributed by atoms with Gasteiger partial charge in [0, 0.05) is 31.1 Å². The van der Waals surface area contributed by atoms with E-state index in [1.807, 2.05) is 30.3 Å². The van der Waals surface area contributed by atoms with Crippen LogP contribution < -0.4 is 20.7 Å². The molecule has 1 aromatic heterocycles. The highest BCUT2D eigenvalue weighted by atomic mass is 19.4. The minimum Gasteiger partial charge on any atom is -0.406 e. The number of benzene rings is 2. The van der Waals surface area contributed by atoms with Gasteiger partial charge >= 0.3 is 6.36 Å². The van der Waals surface area contributed by atoms with Crippen molar-refractivity contribution < 1.29 is 22.7 Å². The van der Waals surface area contributed by atoms with Crippen molar-refractivity contribution in [1.29, 1.82) is 0 Å². The molecule has 1 amide bonds. The number of alkyl halides is 3. The van der Waals surface area contributed by atoms with Crippen LogP contribution in [0, 0.1) is 5.92 Å². The molecule has 1 aliphatic rings. The average Bonchev–Trinajstić information content (AvgIpc) is 2.87. The molecule has 2 aromatic carbocycles. The third kappa shape index (κ3) is 7.06. The molecule has 3 N–H and O–H groups in total. The van der Waals surface area contributed by atoms with Crippen LogP contribution in [0.3, 0.4) is 0 Å². The zero-order valence-corrected chi connectivity index (χ0v) is 19.7. The van der Waals surface area contributed by atoms with Crippen LogP contribution in [-0.4, -0.2) is 40.3 Å². The van der Waals surface area contributed by atoms with E-state index in [0.29, 0.717) is 36.1 Å². The molecule has 190 valence electrons. The Kier molecular flexibility index (Phi) is 7.87. The fourth-order valence-corrected chi connectivity index (χ4v) is 4.14. The lowest BCUT2D eigenvalue weighted by molar-refractivity contribution is -0.274. The van der Waals surface area contributed by atoms with Crippen LogP contribution >= 0.6 is 0 Å². The van der Waals surface area contributed by atoms with Gasteiger partial charge in [0.05, 0.1) is 0 Å². The zero-order valence-electron chi connectivity index (χ0n) is 19.7. The summed E-state index contributed by atoms with van der Waals surface area (Å²) in [6.45, 7) is 0.131. The Labute approximate surface area is 206 Å². The molecule has 1 aliphatic carbocycles. The molecule has 0 atom stereocenters. The smallest absolute Gasteiger partial charge is 0.406 e. The Morgan fingerprint density at radius 1 is 0.972 bits per heavy atom. The van der Waals surface area contributed by atoms with Crippen molar-refractivity contribution in [3.05, 3.63) is 60.2 Å². The fourth-order valence-electron chi connectivity index (χ4n) is 4.14. The quantitative estimate of drug-likeness (QED) is 0.410. The Morgan fingerprint density at radius 3 is 2.39 bits per heavy atom. The van der Waals surface area contributed by atoms with E-state index in [2.05, 4.69) is 35.6 Å². The van der Waals surface area contributed by atoms with Gasteiger partial charge in [-0.05, 0) is 43.4 Å². The Hall–Kier alpha value is -3.89. The normalized spacial score (nSPS) is 17.8. The number of carbonyl (C=O) groups is 1. The van der Waals surface area contributed by atoms with Gasteiger partial charge in [-0.1, -0.05) is 42.5 Å². The van der Waals surface area contributed by atoms with Crippen LogP contribution in [0.25, 0.3) is 11.4 Å². The van der Waals surface area contributed by atoms with Gasteiger partial charge in [0.2, 0.25) is 17.8 Å². The monoisotopic (exact) mass is 500 g/mol. The second-order valence-corrected chi connectivity index (χ2v) is 8.53. The van der Waals surface area contributed by atoms with Crippen LogP contribution in [0.5, 0.6) is 5.75 Å². The molecular weight excluding hydrogens is 473 g/mol. The molecule has 0 bridgehead atoms. The van der Waals surface area contributed by atoms with Gasteiger partial charge < -0.3 is 20.7 Å². The van der Waals surface area contributed by atoms with Crippen LogP contribution in [0.15, 0.2) is 54.6 Å². The van der Waals surface area contributed by atoms with Crippen molar-refractivity contribution in [2.75, 3.05) is 17.7 Å². The number of hydrogen-bond acceptors (Lipinski definition) is 7. The standard InChI is InChI=1S/C25H27F3N6O2/c1-29-23-32-21(17-7-3-2-4-8-17)33-24(34-23)31-19-12-10-18(11-13-19)22(35)30-15-16-6-5-9-20(14-16)36-25(26,27)28/h2-9,14,18-19H,10-13,15H2,1H3,(H,30,35)(H2,29,31,32,33,34). The highest BCUT2D eigenvalue weighted by molar-refractivity contribution is 5.78. The number of ether oxygens (including phenoxy) is 1. The maximum absolute atomic E-state index is 12.7. The van der Waals surface area contributed by atoms with Crippen molar-refractivity contribution in [1.82, 2.24) is 20.3 Å². The Balaban J connectivity index is 1.29. The van der Waals surface area contributed by atoms with E-state index in [4.69, 9.17) is 0 Å². The predicted octanol–water partition coefficient (Wildman–Crippen LogP) is 4.77. The topological polar surface area (TPSA) is 101 Å². The number of halogens is 3. The summed E-state index contributed by atoms with van der Waals surface area (Å²) in [5, 5.41) is 9.15. The summed E-state index contributed by atoms with van der Waals surface area (Å²) in [4.78, 5) is 26.1. The van der Waals surface area contributed by atoms with Crippen LogP contribution in [-0.2, 0) is 11.3 Å². The van der Waals surface area contributed by atoms with Crippen molar-refractivity contribution in [3.8, 4) is 17.1 Å². The predicted molar refractivity (Wildman–Crippen MR) is 129 cm³/mol. The molecule has 11 heteroatoms. The lowest BCUT2D eigenvalue weighted by atomic mass is 9.85. The number of carbonyl (C=O) groups excluding carboxylic acids is 1.